The molecule has 1 saturated heterocycles. The number of hydrogen-bond donors (Lipinski definition) is 1. The molecule has 3 rings (SSSR count). The van der Waals surface area contributed by atoms with Gasteiger partial charge >= 0.3 is 0 Å². The summed E-state index contributed by atoms with van der Waals surface area (Å²) in [6.45, 7) is 0.893. The standard InChI is InChI=1S/C15H21N3O/c16-14-8-7-12(10-17-14)15(19)18-9-3-6-13(18)11-4-1-2-5-11/h7-8,10-11,13H,1-6,9H2,(H2,16,17). The second-order valence-electron chi connectivity index (χ2n) is 5.72. The number of carbonyl (C=O) groups excluding carboxylic acids is 1. The maximum Gasteiger partial charge on any atom is 0.255 e. The number of nitrogen functional groups attached to an aromatic ring is 1. The molecule has 2 aliphatic rings. The van der Waals surface area contributed by atoms with Crippen molar-refractivity contribution in [1.29, 1.82) is 0 Å². The lowest BCUT2D eigenvalue weighted by Crippen LogP contribution is -2.39. The lowest BCUT2D eigenvalue weighted by Gasteiger charge is -2.29. The monoisotopic (exact) mass is 259 g/mol. The van der Waals surface area contributed by atoms with Crippen LogP contribution in [-0.4, -0.2) is 28.4 Å². The van der Waals surface area contributed by atoms with Crippen LogP contribution in [0.1, 0.15) is 48.9 Å². The molecule has 0 spiro atoms. The minimum Gasteiger partial charge on any atom is -0.384 e. The average molecular weight is 259 g/mol. The van der Waals surface area contributed by atoms with Gasteiger partial charge in [-0.3, -0.25) is 4.79 Å². The summed E-state index contributed by atoms with van der Waals surface area (Å²) in [5.41, 5.74) is 6.24. The summed E-state index contributed by atoms with van der Waals surface area (Å²) in [7, 11) is 0. The molecule has 0 radical (unpaired) electrons. The van der Waals surface area contributed by atoms with E-state index in [1.165, 1.54) is 32.1 Å². The summed E-state index contributed by atoms with van der Waals surface area (Å²) in [6.07, 6.45) is 9.12. The Kier molecular flexibility index (Phi) is 3.40. The molecule has 4 nitrogen and oxygen atoms in total. The summed E-state index contributed by atoms with van der Waals surface area (Å²) in [4.78, 5) is 18.7. The van der Waals surface area contributed by atoms with E-state index in [9.17, 15) is 4.79 Å². The van der Waals surface area contributed by atoms with E-state index in [4.69, 9.17) is 5.73 Å². The molecule has 4 heteroatoms. The molecule has 1 amide bonds. The van der Waals surface area contributed by atoms with Crippen molar-refractivity contribution >= 4 is 11.7 Å². The minimum absolute atomic E-state index is 0.127. The van der Waals surface area contributed by atoms with Gasteiger partial charge in [0.15, 0.2) is 0 Å². The van der Waals surface area contributed by atoms with Gasteiger partial charge in [0.1, 0.15) is 5.82 Å². The van der Waals surface area contributed by atoms with E-state index in [2.05, 4.69) is 9.88 Å². The van der Waals surface area contributed by atoms with Crippen LogP contribution in [0.15, 0.2) is 18.3 Å². The summed E-state index contributed by atoms with van der Waals surface area (Å²) in [5, 5.41) is 0. The quantitative estimate of drug-likeness (QED) is 0.887. The molecule has 102 valence electrons. The van der Waals surface area contributed by atoms with Crippen molar-refractivity contribution in [3.05, 3.63) is 23.9 Å². The van der Waals surface area contributed by atoms with Crippen molar-refractivity contribution in [2.45, 2.75) is 44.6 Å². The fourth-order valence-corrected chi connectivity index (χ4v) is 3.57. The number of amides is 1. The molecule has 1 aromatic heterocycles. The largest absolute Gasteiger partial charge is 0.384 e. The lowest BCUT2D eigenvalue weighted by molar-refractivity contribution is 0.0688. The highest BCUT2D eigenvalue weighted by Crippen LogP contribution is 2.35. The van der Waals surface area contributed by atoms with E-state index in [1.807, 2.05) is 0 Å². The number of anilines is 1. The maximum atomic E-state index is 12.6. The topological polar surface area (TPSA) is 59.2 Å². The highest BCUT2D eigenvalue weighted by Gasteiger charge is 2.36. The lowest BCUT2D eigenvalue weighted by atomic mass is 9.95. The Balaban J connectivity index is 1.76. The molecule has 0 bridgehead atoms. The van der Waals surface area contributed by atoms with Gasteiger partial charge < -0.3 is 10.6 Å². The van der Waals surface area contributed by atoms with Gasteiger partial charge in [0.05, 0.1) is 5.56 Å². The zero-order valence-electron chi connectivity index (χ0n) is 11.2. The van der Waals surface area contributed by atoms with Gasteiger partial charge in [0.25, 0.3) is 5.91 Å². The van der Waals surface area contributed by atoms with Crippen LogP contribution >= 0.6 is 0 Å². The number of nitrogens with zero attached hydrogens (tertiary/aromatic N) is 2. The molecule has 1 unspecified atom stereocenters. The van der Waals surface area contributed by atoms with E-state index in [1.54, 1.807) is 18.3 Å². The Labute approximate surface area is 114 Å². The summed E-state index contributed by atoms with van der Waals surface area (Å²) < 4.78 is 0. The number of aromatic nitrogens is 1. The Morgan fingerprint density at radius 2 is 2.00 bits per heavy atom. The van der Waals surface area contributed by atoms with Crippen LogP contribution in [0.3, 0.4) is 0 Å². The summed E-state index contributed by atoms with van der Waals surface area (Å²) >= 11 is 0. The fourth-order valence-electron chi connectivity index (χ4n) is 3.57. The first-order valence-corrected chi connectivity index (χ1v) is 7.28. The second kappa shape index (κ2) is 5.19. The van der Waals surface area contributed by atoms with Gasteiger partial charge in [0.2, 0.25) is 0 Å². The molecule has 1 saturated carbocycles. The number of nitrogens with two attached hydrogens (primary N) is 1. The maximum absolute atomic E-state index is 12.6. The molecule has 0 aromatic carbocycles. The first-order valence-electron chi connectivity index (χ1n) is 7.28. The molecule has 1 aliphatic heterocycles. The number of carbonyl (C=O) groups is 1. The van der Waals surface area contributed by atoms with E-state index in [0.29, 0.717) is 23.3 Å². The Hall–Kier alpha value is -1.58. The van der Waals surface area contributed by atoms with Gasteiger partial charge in [-0.15, -0.1) is 0 Å². The first-order chi connectivity index (χ1) is 9.25. The predicted octanol–water partition coefficient (Wildman–Crippen LogP) is 2.46. The van der Waals surface area contributed by atoms with Crippen LogP contribution in [0.25, 0.3) is 0 Å². The van der Waals surface area contributed by atoms with Crippen molar-refractivity contribution in [2.24, 2.45) is 5.92 Å². The highest BCUT2D eigenvalue weighted by atomic mass is 16.2. The molecule has 2 heterocycles. The van der Waals surface area contributed by atoms with Crippen LogP contribution in [0, 0.1) is 5.92 Å². The molecule has 2 N–H and O–H groups in total. The molecule has 1 atom stereocenters. The number of rotatable bonds is 2. The van der Waals surface area contributed by atoms with Gasteiger partial charge in [-0.05, 0) is 43.7 Å². The normalized spacial score (nSPS) is 24.0. The van der Waals surface area contributed by atoms with E-state index < -0.39 is 0 Å². The number of hydrogen-bond acceptors (Lipinski definition) is 3. The van der Waals surface area contributed by atoms with Gasteiger partial charge in [-0.2, -0.15) is 0 Å². The van der Waals surface area contributed by atoms with E-state index in [-0.39, 0.29) is 5.91 Å². The van der Waals surface area contributed by atoms with E-state index in [0.717, 1.165) is 13.0 Å². The number of pyridine rings is 1. The van der Waals surface area contributed by atoms with Gasteiger partial charge in [-0.1, -0.05) is 12.8 Å². The Morgan fingerprint density at radius 1 is 1.21 bits per heavy atom. The van der Waals surface area contributed by atoms with E-state index >= 15 is 0 Å². The highest BCUT2D eigenvalue weighted by molar-refractivity contribution is 5.94. The molecule has 1 aliphatic carbocycles. The van der Waals surface area contributed by atoms with Crippen LogP contribution < -0.4 is 5.73 Å². The third-order valence-electron chi connectivity index (χ3n) is 4.54. The van der Waals surface area contributed by atoms with Crippen molar-refractivity contribution in [3.8, 4) is 0 Å². The number of likely N-dealkylation sites (tertiary alicyclic amines) is 1. The van der Waals surface area contributed by atoms with Crippen molar-refractivity contribution in [1.82, 2.24) is 9.88 Å². The Bertz CT molecular complexity index is 451. The molecule has 2 fully saturated rings. The van der Waals surface area contributed by atoms with Crippen molar-refractivity contribution in [3.63, 3.8) is 0 Å². The average Bonchev–Trinajstić information content (AvgIpc) is 3.09. The third kappa shape index (κ3) is 2.44. The van der Waals surface area contributed by atoms with Crippen LogP contribution in [0.5, 0.6) is 0 Å². The Morgan fingerprint density at radius 3 is 2.68 bits per heavy atom. The summed E-state index contributed by atoms with van der Waals surface area (Å²) in [6, 6.07) is 3.94. The zero-order chi connectivity index (χ0) is 13.2. The molecule has 19 heavy (non-hydrogen) atoms. The molecular formula is C15H21N3O. The molecular weight excluding hydrogens is 238 g/mol. The van der Waals surface area contributed by atoms with Crippen LogP contribution in [0.4, 0.5) is 5.82 Å². The third-order valence-corrected chi connectivity index (χ3v) is 4.54. The minimum atomic E-state index is 0.127. The van der Waals surface area contributed by atoms with Crippen LogP contribution in [-0.2, 0) is 0 Å². The smallest absolute Gasteiger partial charge is 0.255 e. The van der Waals surface area contributed by atoms with Crippen molar-refractivity contribution in [2.75, 3.05) is 12.3 Å². The molecule has 1 aromatic rings. The van der Waals surface area contributed by atoms with Gasteiger partial charge in [-0.25, -0.2) is 4.98 Å². The van der Waals surface area contributed by atoms with Gasteiger partial charge in [0, 0.05) is 18.8 Å². The first kappa shape index (κ1) is 12.5. The SMILES string of the molecule is Nc1ccc(C(=O)N2CCCC2C2CCCC2)cn1. The summed E-state index contributed by atoms with van der Waals surface area (Å²) in [5.74, 6) is 1.31. The predicted molar refractivity (Wildman–Crippen MR) is 74.7 cm³/mol. The zero-order valence-corrected chi connectivity index (χ0v) is 11.2. The fraction of sp³-hybridized carbons (Fsp3) is 0.600. The second-order valence-corrected chi connectivity index (χ2v) is 5.72. The van der Waals surface area contributed by atoms with Crippen LogP contribution in [0.2, 0.25) is 0 Å². The van der Waals surface area contributed by atoms with Crippen molar-refractivity contribution < 1.29 is 4.79 Å².